The zero-order valence-electron chi connectivity index (χ0n) is 36.3. The number of hydrogen-bond acceptors (Lipinski definition) is 8. The molecular formula is C52H66O8. The van der Waals surface area contributed by atoms with Crippen molar-refractivity contribution >= 4 is 5.97 Å². The summed E-state index contributed by atoms with van der Waals surface area (Å²) in [5.41, 5.74) is 8.62. The summed E-state index contributed by atoms with van der Waals surface area (Å²) in [6.07, 6.45) is 11.8. The fourth-order valence-corrected chi connectivity index (χ4v) is 8.22. The second-order valence-electron chi connectivity index (χ2n) is 18.0. The molecule has 8 nitrogen and oxygen atoms in total. The first kappa shape index (κ1) is 43.9. The van der Waals surface area contributed by atoms with Gasteiger partial charge >= 0.3 is 5.97 Å². The molecule has 3 aliphatic rings. The zero-order valence-corrected chi connectivity index (χ0v) is 36.3. The van der Waals surface area contributed by atoms with E-state index in [2.05, 4.69) is 69.3 Å². The van der Waals surface area contributed by atoms with Crippen molar-refractivity contribution in [1.82, 2.24) is 0 Å². The summed E-state index contributed by atoms with van der Waals surface area (Å²) in [5, 5.41) is 0. The van der Waals surface area contributed by atoms with Gasteiger partial charge in [-0.1, -0.05) is 70.0 Å². The lowest BCUT2D eigenvalue weighted by Crippen LogP contribution is -2.40. The van der Waals surface area contributed by atoms with Crippen molar-refractivity contribution in [2.45, 2.75) is 97.3 Å². The third kappa shape index (κ3) is 12.4. The lowest BCUT2D eigenvalue weighted by Gasteiger charge is -2.37. The summed E-state index contributed by atoms with van der Waals surface area (Å²) >= 11 is 0. The summed E-state index contributed by atoms with van der Waals surface area (Å²) in [4.78, 5) is 13.1. The van der Waals surface area contributed by atoms with Crippen LogP contribution in [0.25, 0.3) is 11.1 Å². The minimum Gasteiger partial charge on any atom is -0.494 e. The van der Waals surface area contributed by atoms with E-state index in [1.165, 1.54) is 39.8 Å². The number of rotatable bonds is 26. The van der Waals surface area contributed by atoms with Crippen molar-refractivity contribution in [3.05, 3.63) is 113 Å². The Morgan fingerprint density at radius 3 is 1.55 bits per heavy atom. The lowest BCUT2D eigenvalue weighted by atomic mass is 9.85. The molecule has 0 spiro atoms. The van der Waals surface area contributed by atoms with Crippen LogP contribution >= 0.6 is 0 Å². The first-order valence-corrected chi connectivity index (χ1v) is 22.5. The van der Waals surface area contributed by atoms with Gasteiger partial charge in [0, 0.05) is 43.2 Å². The molecule has 1 unspecified atom stereocenters. The van der Waals surface area contributed by atoms with E-state index in [-0.39, 0.29) is 11.9 Å². The summed E-state index contributed by atoms with van der Waals surface area (Å²) in [6, 6.07) is 28.5. The summed E-state index contributed by atoms with van der Waals surface area (Å²) in [5.74, 6) is 2.05. The van der Waals surface area contributed by atoms with Crippen molar-refractivity contribution in [2.75, 3.05) is 66.1 Å². The van der Waals surface area contributed by atoms with Crippen LogP contribution in [0.5, 0.6) is 17.2 Å². The first-order chi connectivity index (χ1) is 29.3. The Morgan fingerprint density at radius 1 is 0.550 bits per heavy atom. The normalized spacial score (nSPS) is 16.9. The average Bonchev–Trinajstić information content (AvgIpc) is 3.51. The van der Waals surface area contributed by atoms with Gasteiger partial charge in [-0.3, -0.25) is 0 Å². The zero-order chi connectivity index (χ0) is 41.6. The van der Waals surface area contributed by atoms with Gasteiger partial charge in [0.2, 0.25) is 0 Å². The molecule has 2 aliphatic heterocycles. The quantitative estimate of drug-likeness (QED) is 0.0352. The summed E-state index contributed by atoms with van der Waals surface area (Å²) in [7, 11) is 0. The number of carbonyl (C=O) groups is 1. The maximum absolute atomic E-state index is 13.1. The molecule has 0 aromatic heterocycles. The predicted molar refractivity (Wildman–Crippen MR) is 237 cm³/mol. The topological polar surface area (TPSA) is 81.7 Å². The molecule has 1 aliphatic carbocycles. The van der Waals surface area contributed by atoms with Crippen LogP contribution in [-0.4, -0.2) is 72.0 Å². The first-order valence-electron chi connectivity index (χ1n) is 22.5. The SMILES string of the molecule is CC1c2cc(Cc3ccc(OCCCCCCOCCC4(C)COC4)cc3)ccc2-c2ccc(OC(=O)c3ccc(OCCCCCCOCCC4(C)COC4)cc3)cc21. The van der Waals surface area contributed by atoms with E-state index in [1.54, 1.807) is 12.1 Å². The van der Waals surface area contributed by atoms with Gasteiger partial charge in [-0.05, 0) is 140 Å². The molecule has 2 saturated heterocycles. The van der Waals surface area contributed by atoms with E-state index in [4.69, 9.17) is 33.2 Å². The van der Waals surface area contributed by atoms with Gasteiger partial charge < -0.3 is 33.2 Å². The molecule has 60 heavy (non-hydrogen) atoms. The van der Waals surface area contributed by atoms with E-state index >= 15 is 0 Å². The molecule has 0 N–H and O–H groups in total. The van der Waals surface area contributed by atoms with Crippen molar-refractivity contribution in [3.8, 4) is 28.4 Å². The molecule has 4 aromatic carbocycles. The number of ether oxygens (including phenoxy) is 7. The predicted octanol–water partition coefficient (Wildman–Crippen LogP) is 11.4. The molecule has 2 fully saturated rings. The third-order valence-electron chi connectivity index (χ3n) is 12.4. The van der Waals surface area contributed by atoms with Gasteiger partial charge in [0.25, 0.3) is 0 Å². The number of fused-ring (bicyclic) bond motifs is 3. The Kier molecular flexibility index (Phi) is 15.7. The molecule has 8 heteroatoms. The molecule has 0 saturated carbocycles. The molecule has 1 atom stereocenters. The largest absolute Gasteiger partial charge is 0.494 e. The molecule has 7 rings (SSSR count). The smallest absolute Gasteiger partial charge is 0.343 e. The summed E-state index contributed by atoms with van der Waals surface area (Å²) < 4.78 is 40.1. The second-order valence-corrected chi connectivity index (χ2v) is 18.0. The monoisotopic (exact) mass is 818 g/mol. The van der Waals surface area contributed by atoms with E-state index in [9.17, 15) is 4.79 Å². The van der Waals surface area contributed by atoms with E-state index in [0.717, 1.165) is 135 Å². The van der Waals surface area contributed by atoms with E-state index < -0.39 is 0 Å². The van der Waals surface area contributed by atoms with E-state index in [0.29, 0.717) is 28.7 Å². The van der Waals surface area contributed by atoms with Crippen molar-refractivity contribution < 1.29 is 38.0 Å². The molecule has 0 bridgehead atoms. The van der Waals surface area contributed by atoms with Crippen LogP contribution in [0.2, 0.25) is 0 Å². The third-order valence-corrected chi connectivity index (χ3v) is 12.4. The van der Waals surface area contributed by atoms with Crippen LogP contribution in [-0.2, 0) is 25.4 Å². The summed E-state index contributed by atoms with van der Waals surface area (Å²) in [6.45, 7) is 14.9. The van der Waals surface area contributed by atoms with Crippen molar-refractivity contribution in [1.29, 1.82) is 0 Å². The maximum Gasteiger partial charge on any atom is 0.343 e. The van der Waals surface area contributed by atoms with Gasteiger partial charge in [-0.2, -0.15) is 0 Å². The number of carbonyl (C=O) groups excluding carboxylic acids is 1. The van der Waals surface area contributed by atoms with Crippen molar-refractivity contribution in [2.24, 2.45) is 10.8 Å². The molecule has 0 radical (unpaired) electrons. The number of benzene rings is 4. The molecule has 0 amide bonds. The van der Waals surface area contributed by atoms with Gasteiger partial charge in [-0.15, -0.1) is 0 Å². The Morgan fingerprint density at radius 2 is 1.02 bits per heavy atom. The van der Waals surface area contributed by atoms with Crippen LogP contribution in [0, 0.1) is 10.8 Å². The fraction of sp³-hybridized carbons (Fsp3) is 0.519. The van der Waals surface area contributed by atoms with Crippen LogP contribution in [0.1, 0.15) is 124 Å². The molecule has 2 heterocycles. The standard InChI is InChI=1S/C52H66O8/c1-39-48-33-41(32-40-12-17-43(18-13-40)58-28-10-6-4-8-26-54-30-24-51(2)35-56-36-51)14-22-46(48)47-23-21-45(34-49(39)47)60-50(53)42-15-19-44(20-16-42)59-29-11-7-5-9-27-55-31-25-52(3)37-57-38-52/h12-23,33-34,39H,4-11,24-32,35-38H2,1-3H3. The van der Waals surface area contributed by atoms with Crippen LogP contribution in [0.4, 0.5) is 0 Å². The van der Waals surface area contributed by atoms with Gasteiger partial charge in [0.15, 0.2) is 0 Å². The number of unbranched alkanes of at least 4 members (excludes halogenated alkanes) is 6. The lowest BCUT2D eigenvalue weighted by molar-refractivity contribution is -0.114. The Hall–Kier alpha value is -4.21. The Labute approximate surface area is 358 Å². The van der Waals surface area contributed by atoms with Gasteiger partial charge in [0.1, 0.15) is 17.2 Å². The highest BCUT2D eigenvalue weighted by molar-refractivity contribution is 5.91. The minimum absolute atomic E-state index is 0.194. The second kappa shape index (κ2) is 21.5. The molecule has 322 valence electrons. The highest BCUT2D eigenvalue weighted by atomic mass is 16.5. The average molecular weight is 819 g/mol. The van der Waals surface area contributed by atoms with E-state index in [1.807, 2.05) is 24.3 Å². The highest BCUT2D eigenvalue weighted by Gasteiger charge is 2.33. The van der Waals surface area contributed by atoms with Crippen LogP contribution < -0.4 is 14.2 Å². The van der Waals surface area contributed by atoms with Crippen LogP contribution in [0.15, 0.2) is 84.9 Å². The fourth-order valence-electron chi connectivity index (χ4n) is 8.22. The van der Waals surface area contributed by atoms with Gasteiger partial charge in [0.05, 0.1) is 45.2 Å². The minimum atomic E-state index is -0.377. The number of esters is 1. The maximum atomic E-state index is 13.1. The van der Waals surface area contributed by atoms with Gasteiger partial charge in [-0.25, -0.2) is 4.79 Å². The number of hydrogen-bond donors (Lipinski definition) is 0. The van der Waals surface area contributed by atoms with Crippen LogP contribution in [0.3, 0.4) is 0 Å². The molecule has 4 aromatic rings. The molecular weight excluding hydrogens is 753 g/mol. The Balaban J connectivity index is 0.778. The Bertz CT molecular complexity index is 1950. The highest BCUT2D eigenvalue weighted by Crippen LogP contribution is 2.46. The van der Waals surface area contributed by atoms with Crippen molar-refractivity contribution in [3.63, 3.8) is 0 Å².